The van der Waals surface area contributed by atoms with Crippen molar-refractivity contribution in [1.82, 2.24) is 0 Å². The Morgan fingerprint density at radius 3 is 2.43 bits per heavy atom. The number of aliphatic hydroxyl groups is 2. The van der Waals surface area contributed by atoms with Gasteiger partial charge in [-0.2, -0.15) is 0 Å². The van der Waals surface area contributed by atoms with Gasteiger partial charge in [-0.1, -0.05) is 36.4 Å². The Bertz CT molecular complexity index is 269. The molecule has 0 aromatic heterocycles. The molecular weight excluding hydrogens is 176 g/mol. The first-order valence-corrected chi connectivity index (χ1v) is 4.74. The molecule has 0 spiro atoms. The first-order chi connectivity index (χ1) is 6.79. The van der Waals surface area contributed by atoms with Crippen molar-refractivity contribution >= 4 is 0 Å². The van der Waals surface area contributed by atoms with E-state index in [9.17, 15) is 5.11 Å². The van der Waals surface area contributed by atoms with Crippen molar-refractivity contribution in [2.24, 2.45) is 5.92 Å². The minimum Gasteiger partial charge on any atom is -0.396 e. The van der Waals surface area contributed by atoms with E-state index < -0.39 is 6.10 Å². The monoisotopic (exact) mass is 192 g/mol. The van der Waals surface area contributed by atoms with E-state index in [4.69, 9.17) is 5.11 Å². The van der Waals surface area contributed by atoms with Crippen LogP contribution in [0.15, 0.2) is 43.0 Å². The van der Waals surface area contributed by atoms with Gasteiger partial charge in [-0.25, -0.2) is 0 Å². The molecule has 2 N–H and O–H groups in total. The van der Waals surface area contributed by atoms with Crippen molar-refractivity contribution in [1.29, 1.82) is 0 Å². The molecule has 0 fully saturated rings. The number of hydrogen-bond donors (Lipinski definition) is 2. The summed E-state index contributed by atoms with van der Waals surface area (Å²) in [6.45, 7) is 3.58. The lowest BCUT2D eigenvalue weighted by atomic mass is 9.94. The zero-order valence-electron chi connectivity index (χ0n) is 8.13. The van der Waals surface area contributed by atoms with Crippen molar-refractivity contribution in [2.45, 2.75) is 12.5 Å². The third kappa shape index (κ3) is 2.69. The van der Waals surface area contributed by atoms with Crippen LogP contribution in [0.2, 0.25) is 0 Å². The highest BCUT2D eigenvalue weighted by atomic mass is 16.3. The summed E-state index contributed by atoms with van der Waals surface area (Å²) in [5, 5.41) is 19.0. The summed E-state index contributed by atoms with van der Waals surface area (Å²) in [5.41, 5.74) is 0.841. The molecule has 0 saturated heterocycles. The Morgan fingerprint density at radius 2 is 1.93 bits per heavy atom. The fourth-order valence-electron chi connectivity index (χ4n) is 1.44. The molecule has 0 amide bonds. The van der Waals surface area contributed by atoms with E-state index in [1.165, 1.54) is 0 Å². The Morgan fingerprint density at radius 1 is 1.29 bits per heavy atom. The average molecular weight is 192 g/mol. The lowest BCUT2D eigenvalue weighted by molar-refractivity contribution is 0.0684. The summed E-state index contributed by atoms with van der Waals surface area (Å²) >= 11 is 0. The van der Waals surface area contributed by atoms with Crippen LogP contribution in [0, 0.1) is 5.92 Å². The highest BCUT2D eigenvalue weighted by molar-refractivity contribution is 5.18. The van der Waals surface area contributed by atoms with Gasteiger partial charge in [-0.3, -0.25) is 0 Å². The summed E-state index contributed by atoms with van der Waals surface area (Å²) in [4.78, 5) is 0. The Hall–Kier alpha value is -1.12. The van der Waals surface area contributed by atoms with Crippen molar-refractivity contribution in [3.63, 3.8) is 0 Å². The first-order valence-electron chi connectivity index (χ1n) is 4.74. The van der Waals surface area contributed by atoms with Crippen LogP contribution in [0.4, 0.5) is 0 Å². The molecule has 14 heavy (non-hydrogen) atoms. The summed E-state index contributed by atoms with van der Waals surface area (Å²) in [7, 11) is 0. The maximum Gasteiger partial charge on any atom is 0.0843 e. The van der Waals surface area contributed by atoms with Gasteiger partial charge in [0.2, 0.25) is 0 Å². The number of benzene rings is 1. The van der Waals surface area contributed by atoms with Crippen LogP contribution < -0.4 is 0 Å². The maximum atomic E-state index is 9.90. The molecule has 1 aromatic rings. The van der Waals surface area contributed by atoms with E-state index in [0.717, 1.165) is 5.56 Å². The van der Waals surface area contributed by atoms with Gasteiger partial charge in [-0.05, 0) is 12.0 Å². The van der Waals surface area contributed by atoms with Crippen molar-refractivity contribution in [2.75, 3.05) is 6.61 Å². The van der Waals surface area contributed by atoms with E-state index in [1.54, 1.807) is 6.08 Å². The van der Waals surface area contributed by atoms with Crippen LogP contribution in [-0.4, -0.2) is 16.8 Å². The summed E-state index contributed by atoms with van der Waals surface area (Å²) in [5.74, 6) is -0.158. The molecule has 2 nitrogen and oxygen atoms in total. The average Bonchev–Trinajstić information content (AvgIpc) is 2.26. The first kappa shape index (κ1) is 11.0. The second-order valence-corrected chi connectivity index (χ2v) is 3.32. The minimum absolute atomic E-state index is 0.0257. The molecule has 76 valence electrons. The fraction of sp³-hybridized carbons (Fsp3) is 0.333. The quantitative estimate of drug-likeness (QED) is 0.699. The van der Waals surface area contributed by atoms with E-state index in [2.05, 4.69) is 6.58 Å². The molecule has 0 radical (unpaired) electrons. The Kier molecular flexibility index (Phi) is 4.36. The van der Waals surface area contributed by atoms with Gasteiger partial charge in [0.1, 0.15) is 0 Å². The molecule has 0 bridgehead atoms. The van der Waals surface area contributed by atoms with Gasteiger partial charge in [-0.15, -0.1) is 6.58 Å². The minimum atomic E-state index is -0.612. The molecule has 2 heteroatoms. The number of hydrogen-bond acceptors (Lipinski definition) is 2. The Labute approximate surface area is 84.5 Å². The second-order valence-electron chi connectivity index (χ2n) is 3.32. The lowest BCUT2D eigenvalue weighted by Gasteiger charge is -2.19. The molecule has 0 aliphatic heterocycles. The van der Waals surface area contributed by atoms with E-state index in [0.29, 0.717) is 6.42 Å². The van der Waals surface area contributed by atoms with Gasteiger partial charge in [0.25, 0.3) is 0 Å². The predicted octanol–water partition coefficient (Wildman–Crippen LogP) is 1.90. The van der Waals surface area contributed by atoms with Crippen LogP contribution >= 0.6 is 0 Å². The SMILES string of the molecule is C=CC[C@H](CO)[C@H](O)c1ccccc1. The maximum absolute atomic E-state index is 9.90. The standard InChI is InChI=1S/C12H16O2/c1-2-6-11(9-13)12(14)10-7-4-3-5-8-10/h2-5,7-8,11-14H,1,6,9H2/t11-,12-/m1/s1. The van der Waals surface area contributed by atoms with Crippen LogP contribution in [0.25, 0.3) is 0 Å². The summed E-state index contributed by atoms with van der Waals surface area (Å²) in [6, 6.07) is 9.37. The topological polar surface area (TPSA) is 40.5 Å². The lowest BCUT2D eigenvalue weighted by Crippen LogP contribution is -2.15. The normalized spacial score (nSPS) is 14.7. The van der Waals surface area contributed by atoms with E-state index in [-0.39, 0.29) is 12.5 Å². The summed E-state index contributed by atoms with van der Waals surface area (Å²) in [6.07, 6.45) is 1.72. The molecular formula is C12H16O2. The largest absolute Gasteiger partial charge is 0.396 e. The van der Waals surface area contributed by atoms with Crippen LogP contribution in [0.1, 0.15) is 18.1 Å². The van der Waals surface area contributed by atoms with Crippen LogP contribution in [0.5, 0.6) is 0 Å². The molecule has 1 rings (SSSR count). The molecule has 0 aliphatic rings. The van der Waals surface area contributed by atoms with Gasteiger partial charge in [0.05, 0.1) is 6.10 Å². The number of aliphatic hydroxyl groups excluding tert-OH is 2. The van der Waals surface area contributed by atoms with Crippen LogP contribution in [-0.2, 0) is 0 Å². The molecule has 0 unspecified atom stereocenters. The number of rotatable bonds is 5. The zero-order chi connectivity index (χ0) is 10.4. The van der Waals surface area contributed by atoms with Crippen LogP contribution in [0.3, 0.4) is 0 Å². The van der Waals surface area contributed by atoms with E-state index in [1.807, 2.05) is 30.3 Å². The third-order valence-electron chi connectivity index (χ3n) is 2.29. The van der Waals surface area contributed by atoms with Gasteiger partial charge in [0, 0.05) is 12.5 Å². The fourth-order valence-corrected chi connectivity index (χ4v) is 1.44. The van der Waals surface area contributed by atoms with Crippen molar-refractivity contribution in [3.05, 3.63) is 48.6 Å². The third-order valence-corrected chi connectivity index (χ3v) is 2.29. The highest BCUT2D eigenvalue weighted by Crippen LogP contribution is 2.24. The number of allylic oxidation sites excluding steroid dienone is 1. The van der Waals surface area contributed by atoms with Crippen molar-refractivity contribution in [3.8, 4) is 0 Å². The van der Waals surface area contributed by atoms with Crippen molar-refractivity contribution < 1.29 is 10.2 Å². The van der Waals surface area contributed by atoms with E-state index >= 15 is 0 Å². The summed E-state index contributed by atoms with van der Waals surface area (Å²) < 4.78 is 0. The Balaban J connectivity index is 2.72. The van der Waals surface area contributed by atoms with Gasteiger partial charge >= 0.3 is 0 Å². The highest BCUT2D eigenvalue weighted by Gasteiger charge is 2.18. The smallest absolute Gasteiger partial charge is 0.0843 e. The predicted molar refractivity (Wildman–Crippen MR) is 56.8 cm³/mol. The van der Waals surface area contributed by atoms with Gasteiger partial charge in [0.15, 0.2) is 0 Å². The molecule has 0 aliphatic carbocycles. The zero-order valence-corrected chi connectivity index (χ0v) is 8.13. The second kappa shape index (κ2) is 5.58. The molecule has 0 heterocycles. The molecule has 1 aromatic carbocycles. The van der Waals surface area contributed by atoms with Gasteiger partial charge < -0.3 is 10.2 Å². The molecule has 0 saturated carbocycles. The molecule has 2 atom stereocenters.